The number of hydrogen-bond donors (Lipinski definition) is 0. The van der Waals surface area contributed by atoms with Gasteiger partial charge >= 0.3 is 0 Å². The van der Waals surface area contributed by atoms with Crippen LogP contribution in [0.2, 0.25) is 0 Å². The molecule has 0 aliphatic rings. The van der Waals surface area contributed by atoms with Gasteiger partial charge in [0.2, 0.25) is 0 Å². The Balaban J connectivity index is 1.78. The summed E-state index contributed by atoms with van der Waals surface area (Å²) in [5.74, 6) is -0.0507. The molecule has 3 aromatic rings. The van der Waals surface area contributed by atoms with Crippen molar-refractivity contribution in [2.24, 2.45) is 7.05 Å². The number of imidazole rings is 1. The summed E-state index contributed by atoms with van der Waals surface area (Å²) in [5.41, 5.74) is 2.45. The summed E-state index contributed by atoms with van der Waals surface area (Å²) < 4.78 is 4.45. The third-order valence-corrected chi connectivity index (χ3v) is 3.90. The SMILES string of the molecule is Cn1ncc(Br)c1/C=C/C(=O)c1ccc(-n2ccnc2)cc1. The first-order chi connectivity index (χ1) is 10.6. The molecule has 0 aliphatic carbocycles. The van der Waals surface area contributed by atoms with Crippen molar-refractivity contribution >= 4 is 27.8 Å². The monoisotopic (exact) mass is 356 g/mol. The fourth-order valence-electron chi connectivity index (χ4n) is 2.07. The zero-order valence-corrected chi connectivity index (χ0v) is 13.4. The first kappa shape index (κ1) is 14.5. The highest BCUT2D eigenvalue weighted by molar-refractivity contribution is 9.10. The van der Waals surface area contributed by atoms with Crippen molar-refractivity contribution in [3.63, 3.8) is 0 Å². The molecule has 0 unspecified atom stereocenters. The smallest absolute Gasteiger partial charge is 0.185 e. The molecule has 0 spiro atoms. The molecule has 1 aromatic carbocycles. The number of aryl methyl sites for hydroxylation is 1. The third kappa shape index (κ3) is 2.92. The van der Waals surface area contributed by atoms with E-state index in [0.717, 1.165) is 15.9 Å². The number of ketones is 1. The number of carbonyl (C=O) groups excluding carboxylic acids is 1. The largest absolute Gasteiger partial charge is 0.306 e. The summed E-state index contributed by atoms with van der Waals surface area (Å²) in [4.78, 5) is 16.2. The minimum Gasteiger partial charge on any atom is -0.306 e. The van der Waals surface area contributed by atoms with E-state index in [0.29, 0.717) is 5.56 Å². The molecule has 0 saturated carbocycles. The van der Waals surface area contributed by atoms with Gasteiger partial charge < -0.3 is 4.57 Å². The number of carbonyl (C=O) groups is 1. The Morgan fingerprint density at radius 3 is 2.64 bits per heavy atom. The van der Waals surface area contributed by atoms with Crippen LogP contribution >= 0.6 is 15.9 Å². The quantitative estimate of drug-likeness (QED) is 0.532. The minimum atomic E-state index is -0.0507. The highest BCUT2D eigenvalue weighted by Gasteiger charge is 2.05. The number of nitrogens with zero attached hydrogens (tertiary/aromatic N) is 4. The fraction of sp³-hybridized carbons (Fsp3) is 0.0625. The normalized spacial score (nSPS) is 11.2. The van der Waals surface area contributed by atoms with Gasteiger partial charge in [0.1, 0.15) is 0 Å². The molecule has 2 aromatic heterocycles. The van der Waals surface area contributed by atoms with Gasteiger partial charge in [-0.1, -0.05) is 0 Å². The lowest BCUT2D eigenvalue weighted by atomic mass is 10.1. The van der Waals surface area contributed by atoms with Gasteiger partial charge in [0, 0.05) is 30.7 Å². The first-order valence-electron chi connectivity index (χ1n) is 6.63. The van der Waals surface area contributed by atoms with Crippen molar-refractivity contribution in [2.45, 2.75) is 0 Å². The standard InChI is InChI=1S/C16H13BrN4O/c1-20-15(14(17)10-19-20)6-7-16(22)12-2-4-13(5-3-12)21-9-8-18-11-21/h2-11H,1H3/b7-6+. The molecule has 5 nitrogen and oxygen atoms in total. The highest BCUT2D eigenvalue weighted by Crippen LogP contribution is 2.17. The van der Waals surface area contributed by atoms with Crippen LogP contribution < -0.4 is 0 Å². The van der Waals surface area contributed by atoms with Crippen LogP contribution in [0.1, 0.15) is 16.1 Å². The van der Waals surface area contributed by atoms with E-state index >= 15 is 0 Å². The van der Waals surface area contributed by atoms with E-state index in [9.17, 15) is 4.79 Å². The Kier molecular flexibility index (Phi) is 4.02. The average Bonchev–Trinajstić information content (AvgIpc) is 3.17. The van der Waals surface area contributed by atoms with E-state index in [1.807, 2.05) is 29.9 Å². The van der Waals surface area contributed by atoms with Crippen molar-refractivity contribution in [1.82, 2.24) is 19.3 Å². The van der Waals surface area contributed by atoms with Gasteiger partial charge in [-0.05, 0) is 52.3 Å². The van der Waals surface area contributed by atoms with Gasteiger partial charge in [0.05, 0.1) is 22.7 Å². The van der Waals surface area contributed by atoms with Gasteiger partial charge in [-0.3, -0.25) is 9.48 Å². The summed E-state index contributed by atoms with van der Waals surface area (Å²) >= 11 is 3.40. The van der Waals surface area contributed by atoms with Gasteiger partial charge in [-0.15, -0.1) is 0 Å². The molecule has 0 atom stereocenters. The second kappa shape index (κ2) is 6.11. The van der Waals surface area contributed by atoms with E-state index in [-0.39, 0.29) is 5.78 Å². The molecule has 0 amide bonds. The molecule has 0 radical (unpaired) electrons. The van der Waals surface area contributed by atoms with E-state index in [1.165, 1.54) is 0 Å². The maximum absolute atomic E-state index is 12.2. The van der Waals surface area contributed by atoms with Crippen molar-refractivity contribution in [1.29, 1.82) is 0 Å². The summed E-state index contributed by atoms with van der Waals surface area (Å²) in [7, 11) is 1.83. The molecular weight excluding hydrogens is 344 g/mol. The fourth-order valence-corrected chi connectivity index (χ4v) is 2.55. The maximum atomic E-state index is 12.2. The van der Waals surface area contributed by atoms with Crippen LogP contribution in [0.15, 0.2) is 59.7 Å². The average molecular weight is 357 g/mol. The molecule has 0 bridgehead atoms. The van der Waals surface area contributed by atoms with Gasteiger partial charge in [-0.2, -0.15) is 5.10 Å². The molecule has 0 saturated heterocycles. The third-order valence-electron chi connectivity index (χ3n) is 3.28. The Hall–Kier alpha value is -2.47. The van der Waals surface area contributed by atoms with Gasteiger partial charge in [0.25, 0.3) is 0 Å². The van der Waals surface area contributed by atoms with E-state index < -0.39 is 0 Å². The number of rotatable bonds is 4. The molecule has 0 fully saturated rings. The number of halogens is 1. The Morgan fingerprint density at radius 1 is 1.27 bits per heavy atom. The zero-order valence-electron chi connectivity index (χ0n) is 11.8. The van der Waals surface area contributed by atoms with Crippen LogP contribution in [0.5, 0.6) is 0 Å². The number of hydrogen-bond acceptors (Lipinski definition) is 3. The molecular formula is C16H13BrN4O. The maximum Gasteiger partial charge on any atom is 0.185 e. The molecule has 3 rings (SSSR count). The second-order valence-corrected chi connectivity index (χ2v) is 5.57. The second-order valence-electron chi connectivity index (χ2n) is 4.72. The van der Waals surface area contributed by atoms with Crippen molar-refractivity contribution in [3.8, 4) is 5.69 Å². The van der Waals surface area contributed by atoms with Crippen LogP contribution in [0.3, 0.4) is 0 Å². The number of allylic oxidation sites excluding steroid dienone is 1. The molecule has 2 heterocycles. The lowest BCUT2D eigenvalue weighted by Crippen LogP contribution is -1.97. The molecule has 0 N–H and O–H groups in total. The van der Waals surface area contributed by atoms with Crippen molar-refractivity contribution in [2.75, 3.05) is 0 Å². The van der Waals surface area contributed by atoms with E-state index in [4.69, 9.17) is 0 Å². The molecule has 110 valence electrons. The van der Waals surface area contributed by atoms with Gasteiger partial charge in [-0.25, -0.2) is 4.98 Å². The molecule has 0 aliphatic heterocycles. The van der Waals surface area contributed by atoms with E-state index in [1.54, 1.807) is 47.7 Å². The lowest BCUT2D eigenvalue weighted by Gasteiger charge is -2.02. The van der Waals surface area contributed by atoms with Crippen LogP contribution in [0.4, 0.5) is 0 Å². The predicted molar refractivity (Wildman–Crippen MR) is 87.8 cm³/mol. The summed E-state index contributed by atoms with van der Waals surface area (Å²) in [5, 5.41) is 4.11. The Bertz CT molecular complexity index is 797. The van der Waals surface area contributed by atoms with Crippen molar-refractivity contribution in [3.05, 3.63) is 71.0 Å². The summed E-state index contributed by atoms with van der Waals surface area (Å²) in [6, 6.07) is 7.39. The van der Waals surface area contributed by atoms with Crippen LogP contribution in [0, 0.1) is 0 Å². The Labute approximate surface area is 136 Å². The number of benzene rings is 1. The number of aromatic nitrogens is 4. The highest BCUT2D eigenvalue weighted by atomic mass is 79.9. The zero-order chi connectivity index (χ0) is 15.5. The molecule has 22 heavy (non-hydrogen) atoms. The van der Waals surface area contributed by atoms with Gasteiger partial charge in [0.15, 0.2) is 5.78 Å². The first-order valence-corrected chi connectivity index (χ1v) is 7.43. The van der Waals surface area contributed by atoms with Crippen molar-refractivity contribution < 1.29 is 4.79 Å². The minimum absolute atomic E-state index is 0.0507. The van der Waals surface area contributed by atoms with Crippen LogP contribution in [0.25, 0.3) is 11.8 Å². The van der Waals surface area contributed by atoms with Crippen LogP contribution in [-0.2, 0) is 7.05 Å². The Morgan fingerprint density at radius 2 is 2.05 bits per heavy atom. The lowest BCUT2D eigenvalue weighted by molar-refractivity contribution is 0.104. The summed E-state index contributed by atoms with van der Waals surface area (Å²) in [6.45, 7) is 0. The summed E-state index contributed by atoms with van der Waals surface area (Å²) in [6.07, 6.45) is 10.3. The van der Waals surface area contributed by atoms with E-state index in [2.05, 4.69) is 26.0 Å². The topological polar surface area (TPSA) is 52.7 Å². The molecule has 6 heteroatoms. The van der Waals surface area contributed by atoms with Crippen LogP contribution in [-0.4, -0.2) is 25.1 Å². The predicted octanol–water partition coefficient (Wildman–Crippen LogP) is 3.26.